The number of aromatic nitrogens is 1. The maximum atomic E-state index is 12.3. The first-order valence-electron chi connectivity index (χ1n) is 7.86. The molecule has 0 saturated heterocycles. The highest BCUT2D eigenvalue weighted by Gasteiger charge is 2.11. The summed E-state index contributed by atoms with van der Waals surface area (Å²) in [5.41, 5.74) is 2.92. The number of aryl methyl sites for hydroxylation is 1. The molecule has 3 aromatic rings. The van der Waals surface area contributed by atoms with E-state index in [-0.39, 0.29) is 11.9 Å². The normalized spacial score (nSPS) is 10.4. The first-order chi connectivity index (χ1) is 12.5. The third-order valence-corrected chi connectivity index (χ3v) is 4.50. The van der Waals surface area contributed by atoms with Crippen LogP contribution in [0.2, 0.25) is 0 Å². The zero-order chi connectivity index (χ0) is 18.7. The SMILES string of the molecule is COc1ccccc1NC(=O)Nc1cc(C)c2nc(NC(C)=O)sc2c1. The molecule has 0 fully saturated rings. The van der Waals surface area contributed by atoms with Crippen LogP contribution in [0.15, 0.2) is 36.4 Å². The van der Waals surface area contributed by atoms with Crippen LogP contribution in [0.25, 0.3) is 10.2 Å². The molecule has 1 heterocycles. The van der Waals surface area contributed by atoms with Crippen LogP contribution in [0.1, 0.15) is 12.5 Å². The number of nitrogens with one attached hydrogen (secondary N) is 3. The van der Waals surface area contributed by atoms with Gasteiger partial charge in [-0.05, 0) is 36.8 Å². The van der Waals surface area contributed by atoms with Gasteiger partial charge in [0.15, 0.2) is 5.13 Å². The number of ether oxygens (including phenoxy) is 1. The van der Waals surface area contributed by atoms with E-state index in [1.165, 1.54) is 18.3 Å². The fourth-order valence-electron chi connectivity index (χ4n) is 2.51. The van der Waals surface area contributed by atoms with Gasteiger partial charge in [-0.2, -0.15) is 0 Å². The number of fused-ring (bicyclic) bond motifs is 1. The van der Waals surface area contributed by atoms with E-state index >= 15 is 0 Å². The molecule has 134 valence electrons. The monoisotopic (exact) mass is 370 g/mol. The molecule has 1 aromatic heterocycles. The van der Waals surface area contributed by atoms with Crippen LogP contribution in [0.4, 0.5) is 21.3 Å². The van der Waals surface area contributed by atoms with Gasteiger partial charge in [0.2, 0.25) is 5.91 Å². The maximum Gasteiger partial charge on any atom is 0.323 e. The number of nitrogens with zero attached hydrogens (tertiary/aromatic N) is 1. The Kier molecular flexibility index (Phi) is 5.04. The average molecular weight is 370 g/mol. The van der Waals surface area contributed by atoms with Crippen molar-refractivity contribution in [2.75, 3.05) is 23.1 Å². The van der Waals surface area contributed by atoms with Crippen molar-refractivity contribution in [1.29, 1.82) is 0 Å². The van der Waals surface area contributed by atoms with Crippen LogP contribution in [0.5, 0.6) is 5.75 Å². The minimum Gasteiger partial charge on any atom is -0.495 e. The van der Waals surface area contributed by atoms with Crippen molar-refractivity contribution in [3.63, 3.8) is 0 Å². The Labute approximate surface area is 154 Å². The van der Waals surface area contributed by atoms with Gasteiger partial charge in [0.1, 0.15) is 5.75 Å². The van der Waals surface area contributed by atoms with Crippen LogP contribution in [0, 0.1) is 6.92 Å². The van der Waals surface area contributed by atoms with Crippen LogP contribution >= 0.6 is 11.3 Å². The number of hydrogen-bond donors (Lipinski definition) is 3. The summed E-state index contributed by atoms with van der Waals surface area (Å²) >= 11 is 1.36. The average Bonchev–Trinajstić information content (AvgIpc) is 2.97. The maximum absolute atomic E-state index is 12.3. The molecule has 0 atom stereocenters. The number of thiazole rings is 1. The zero-order valence-electron chi connectivity index (χ0n) is 14.5. The Morgan fingerprint density at radius 1 is 1.12 bits per heavy atom. The Morgan fingerprint density at radius 3 is 2.62 bits per heavy atom. The third-order valence-electron chi connectivity index (χ3n) is 3.58. The molecule has 7 nitrogen and oxygen atoms in total. The Hall–Kier alpha value is -3.13. The summed E-state index contributed by atoms with van der Waals surface area (Å²) in [4.78, 5) is 27.9. The summed E-state index contributed by atoms with van der Waals surface area (Å²) in [6.07, 6.45) is 0. The summed E-state index contributed by atoms with van der Waals surface area (Å²) in [5.74, 6) is 0.410. The van der Waals surface area contributed by atoms with Gasteiger partial charge in [0, 0.05) is 12.6 Å². The number of para-hydroxylation sites is 2. The van der Waals surface area contributed by atoms with E-state index in [0.717, 1.165) is 15.8 Å². The molecule has 0 bridgehead atoms. The summed E-state index contributed by atoms with van der Waals surface area (Å²) < 4.78 is 6.10. The third kappa shape index (κ3) is 3.92. The van der Waals surface area contributed by atoms with Gasteiger partial charge in [0.05, 0.1) is 23.0 Å². The van der Waals surface area contributed by atoms with E-state index in [0.29, 0.717) is 22.3 Å². The van der Waals surface area contributed by atoms with Gasteiger partial charge in [0.25, 0.3) is 0 Å². The zero-order valence-corrected chi connectivity index (χ0v) is 15.4. The van der Waals surface area contributed by atoms with Crippen LogP contribution in [0.3, 0.4) is 0 Å². The molecule has 0 radical (unpaired) electrons. The van der Waals surface area contributed by atoms with Crippen molar-refractivity contribution >= 4 is 50.0 Å². The van der Waals surface area contributed by atoms with Crippen LogP contribution < -0.4 is 20.7 Å². The number of rotatable bonds is 4. The highest BCUT2D eigenvalue weighted by Crippen LogP contribution is 2.31. The molecule has 0 aliphatic rings. The van der Waals surface area contributed by atoms with Crippen LogP contribution in [-0.4, -0.2) is 24.0 Å². The number of urea groups is 1. The fourth-order valence-corrected chi connectivity index (χ4v) is 3.53. The lowest BCUT2D eigenvalue weighted by Gasteiger charge is -2.11. The Morgan fingerprint density at radius 2 is 1.88 bits per heavy atom. The molecule has 2 aromatic carbocycles. The molecule has 0 unspecified atom stereocenters. The largest absolute Gasteiger partial charge is 0.495 e. The van der Waals surface area contributed by atoms with Gasteiger partial charge < -0.3 is 20.7 Å². The van der Waals surface area contributed by atoms with E-state index in [1.807, 2.05) is 31.2 Å². The minimum atomic E-state index is -0.375. The van der Waals surface area contributed by atoms with Gasteiger partial charge in [-0.25, -0.2) is 9.78 Å². The number of carbonyl (C=O) groups is 2. The Balaban J connectivity index is 1.79. The molecule has 0 saturated carbocycles. The predicted molar refractivity (Wildman–Crippen MR) is 104 cm³/mol. The molecule has 3 amide bonds. The standard InChI is InChI=1S/C18H18N4O3S/c1-10-8-12(9-15-16(10)22-18(26-15)19-11(2)23)20-17(24)21-13-6-4-5-7-14(13)25-3/h4-9H,1-3H3,(H,19,22,23)(H2,20,21,24). The Bertz CT molecular complexity index is 984. The van der Waals surface area contributed by atoms with E-state index in [4.69, 9.17) is 4.74 Å². The number of amides is 3. The molecule has 0 spiro atoms. The first-order valence-corrected chi connectivity index (χ1v) is 8.67. The molecule has 0 aliphatic carbocycles. The molecule has 0 aliphatic heterocycles. The second-order valence-corrected chi connectivity index (χ2v) is 6.65. The summed E-state index contributed by atoms with van der Waals surface area (Å²) in [7, 11) is 1.55. The molecule has 26 heavy (non-hydrogen) atoms. The summed E-state index contributed by atoms with van der Waals surface area (Å²) in [6.45, 7) is 3.34. The van der Waals surface area contributed by atoms with Crippen molar-refractivity contribution in [2.24, 2.45) is 0 Å². The van der Waals surface area contributed by atoms with E-state index in [1.54, 1.807) is 19.2 Å². The van der Waals surface area contributed by atoms with Crippen molar-refractivity contribution in [3.05, 3.63) is 42.0 Å². The summed E-state index contributed by atoms with van der Waals surface area (Å²) in [6, 6.07) is 10.5. The van der Waals surface area contributed by atoms with Gasteiger partial charge >= 0.3 is 6.03 Å². The van der Waals surface area contributed by atoms with Crippen molar-refractivity contribution in [3.8, 4) is 5.75 Å². The lowest BCUT2D eigenvalue weighted by Crippen LogP contribution is -2.19. The number of methoxy groups -OCH3 is 1. The second kappa shape index (κ2) is 7.40. The molecule has 3 N–H and O–H groups in total. The lowest BCUT2D eigenvalue weighted by molar-refractivity contribution is -0.114. The van der Waals surface area contributed by atoms with Crippen molar-refractivity contribution < 1.29 is 14.3 Å². The first kappa shape index (κ1) is 17.7. The van der Waals surface area contributed by atoms with E-state index in [9.17, 15) is 9.59 Å². The predicted octanol–water partition coefficient (Wildman–Crippen LogP) is 4.22. The second-order valence-electron chi connectivity index (χ2n) is 5.62. The lowest BCUT2D eigenvalue weighted by atomic mass is 10.2. The van der Waals surface area contributed by atoms with Gasteiger partial charge in [-0.1, -0.05) is 23.5 Å². The fraction of sp³-hybridized carbons (Fsp3) is 0.167. The van der Waals surface area contributed by atoms with Crippen molar-refractivity contribution in [1.82, 2.24) is 4.98 Å². The molecular formula is C18H18N4O3S. The van der Waals surface area contributed by atoms with E-state index < -0.39 is 0 Å². The van der Waals surface area contributed by atoms with Crippen molar-refractivity contribution in [2.45, 2.75) is 13.8 Å². The number of anilines is 3. The minimum absolute atomic E-state index is 0.170. The molecule has 3 rings (SSSR count). The van der Waals surface area contributed by atoms with Crippen LogP contribution in [-0.2, 0) is 4.79 Å². The number of carbonyl (C=O) groups excluding carboxylic acids is 2. The number of benzene rings is 2. The molecular weight excluding hydrogens is 352 g/mol. The van der Waals surface area contributed by atoms with Gasteiger partial charge in [-0.15, -0.1) is 0 Å². The quantitative estimate of drug-likeness (QED) is 0.641. The smallest absolute Gasteiger partial charge is 0.323 e. The van der Waals surface area contributed by atoms with Gasteiger partial charge in [-0.3, -0.25) is 4.79 Å². The highest BCUT2D eigenvalue weighted by molar-refractivity contribution is 7.22. The topological polar surface area (TPSA) is 92.3 Å². The molecule has 8 heteroatoms. The number of hydrogen-bond acceptors (Lipinski definition) is 5. The van der Waals surface area contributed by atoms with E-state index in [2.05, 4.69) is 20.9 Å². The summed E-state index contributed by atoms with van der Waals surface area (Å²) in [5, 5.41) is 8.79. The highest BCUT2D eigenvalue weighted by atomic mass is 32.1.